The van der Waals surface area contributed by atoms with Gasteiger partial charge in [0.1, 0.15) is 6.33 Å². The molecule has 120 valence electrons. The Bertz CT molecular complexity index is 699. The molecule has 6 nitrogen and oxygen atoms in total. The van der Waals surface area contributed by atoms with Gasteiger partial charge in [-0.2, -0.15) is 0 Å². The number of carbonyl (C=O) groups is 1. The van der Waals surface area contributed by atoms with Gasteiger partial charge >= 0.3 is 0 Å². The first-order valence-electron chi connectivity index (χ1n) is 8.40. The van der Waals surface area contributed by atoms with Gasteiger partial charge in [-0.25, -0.2) is 4.68 Å². The highest BCUT2D eigenvalue weighted by Crippen LogP contribution is 2.40. The van der Waals surface area contributed by atoms with Crippen molar-refractivity contribution in [2.24, 2.45) is 5.92 Å². The first-order valence-corrected chi connectivity index (χ1v) is 8.40. The standard InChI is InChI=1S/C17H21N5O/c1-12-9-13-5-2-3-8-16(13)22(12)17(23)14-6-4-7-15(10-14)21-11-18-19-20-21/h4,6-7,10-13,16H,2-3,5,8-9H2,1H3/t12-,13-,16+/m1/s1. The van der Waals surface area contributed by atoms with Gasteiger partial charge in [0.05, 0.1) is 5.69 Å². The van der Waals surface area contributed by atoms with Gasteiger partial charge in [-0.05, 0) is 60.7 Å². The maximum absolute atomic E-state index is 13.1. The van der Waals surface area contributed by atoms with Gasteiger partial charge in [-0.1, -0.05) is 18.9 Å². The number of amides is 1. The average molecular weight is 311 g/mol. The molecule has 2 heterocycles. The zero-order chi connectivity index (χ0) is 15.8. The molecule has 0 unspecified atom stereocenters. The molecule has 23 heavy (non-hydrogen) atoms. The van der Waals surface area contributed by atoms with Crippen molar-refractivity contribution in [1.82, 2.24) is 25.1 Å². The molecule has 0 bridgehead atoms. The molecule has 1 aromatic carbocycles. The lowest BCUT2D eigenvalue weighted by Crippen LogP contribution is -2.42. The van der Waals surface area contributed by atoms with E-state index in [-0.39, 0.29) is 5.91 Å². The van der Waals surface area contributed by atoms with Gasteiger partial charge in [0.2, 0.25) is 0 Å². The van der Waals surface area contributed by atoms with Crippen LogP contribution < -0.4 is 0 Å². The summed E-state index contributed by atoms with van der Waals surface area (Å²) in [5.74, 6) is 0.826. The monoisotopic (exact) mass is 311 g/mol. The van der Waals surface area contributed by atoms with Gasteiger partial charge in [0, 0.05) is 17.6 Å². The van der Waals surface area contributed by atoms with Crippen molar-refractivity contribution in [3.63, 3.8) is 0 Å². The van der Waals surface area contributed by atoms with Crippen LogP contribution >= 0.6 is 0 Å². The normalized spacial score (nSPS) is 27.0. The molecule has 1 aliphatic heterocycles. The fraction of sp³-hybridized carbons (Fsp3) is 0.529. The van der Waals surface area contributed by atoms with E-state index >= 15 is 0 Å². The second-order valence-electron chi connectivity index (χ2n) is 6.71. The number of tetrazole rings is 1. The van der Waals surface area contributed by atoms with Crippen molar-refractivity contribution in [3.05, 3.63) is 36.2 Å². The average Bonchev–Trinajstić information content (AvgIpc) is 3.21. The summed E-state index contributed by atoms with van der Waals surface area (Å²) in [7, 11) is 0. The van der Waals surface area contributed by atoms with Crippen molar-refractivity contribution in [2.75, 3.05) is 0 Å². The van der Waals surface area contributed by atoms with E-state index in [9.17, 15) is 4.79 Å². The number of aromatic nitrogens is 4. The highest BCUT2D eigenvalue weighted by Gasteiger charge is 2.42. The number of hydrogen-bond acceptors (Lipinski definition) is 4. The molecular weight excluding hydrogens is 290 g/mol. The third kappa shape index (κ3) is 2.52. The molecule has 2 aromatic rings. The van der Waals surface area contributed by atoms with E-state index in [2.05, 4.69) is 27.3 Å². The summed E-state index contributed by atoms with van der Waals surface area (Å²) in [5.41, 5.74) is 1.53. The molecule has 1 aromatic heterocycles. The Hall–Kier alpha value is -2.24. The van der Waals surface area contributed by atoms with E-state index in [1.807, 2.05) is 24.3 Å². The molecule has 1 aliphatic carbocycles. The van der Waals surface area contributed by atoms with E-state index in [0.717, 1.165) is 24.1 Å². The predicted octanol–water partition coefficient (Wildman–Crippen LogP) is 2.46. The van der Waals surface area contributed by atoms with Crippen molar-refractivity contribution >= 4 is 5.91 Å². The van der Waals surface area contributed by atoms with E-state index in [4.69, 9.17) is 0 Å². The minimum Gasteiger partial charge on any atom is -0.333 e. The summed E-state index contributed by atoms with van der Waals surface area (Å²) >= 11 is 0. The van der Waals surface area contributed by atoms with Crippen molar-refractivity contribution in [1.29, 1.82) is 0 Å². The lowest BCUT2D eigenvalue weighted by Gasteiger charge is -2.33. The van der Waals surface area contributed by atoms with Crippen LogP contribution in [0.3, 0.4) is 0 Å². The predicted molar refractivity (Wildman–Crippen MR) is 85.1 cm³/mol. The zero-order valence-corrected chi connectivity index (χ0v) is 13.3. The maximum Gasteiger partial charge on any atom is 0.254 e. The topological polar surface area (TPSA) is 63.9 Å². The van der Waals surface area contributed by atoms with Crippen molar-refractivity contribution < 1.29 is 4.79 Å². The second kappa shape index (κ2) is 5.76. The Morgan fingerprint density at radius 1 is 1.26 bits per heavy atom. The first-order chi connectivity index (χ1) is 11.2. The second-order valence-corrected chi connectivity index (χ2v) is 6.71. The van der Waals surface area contributed by atoms with Crippen LogP contribution in [0.4, 0.5) is 0 Å². The molecule has 2 fully saturated rings. The number of nitrogens with zero attached hydrogens (tertiary/aromatic N) is 5. The number of fused-ring (bicyclic) bond motifs is 1. The molecule has 4 rings (SSSR count). The van der Waals surface area contributed by atoms with Crippen molar-refractivity contribution in [2.45, 2.75) is 51.1 Å². The van der Waals surface area contributed by atoms with E-state index in [1.54, 1.807) is 11.0 Å². The number of likely N-dealkylation sites (tertiary alicyclic amines) is 1. The Kier molecular flexibility index (Phi) is 3.59. The highest BCUT2D eigenvalue weighted by atomic mass is 16.2. The summed E-state index contributed by atoms with van der Waals surface area (Å²) in [5, 5.41) is 11.2. The SMILES string of the molecule is C[C@@H]1C[C@H]2CCCC[C@@H]2N1C(=O)c1cccc(-n2cnnn2)c1. The van der Waals surface area contributed by atoms with Gasteiger partial charge in [-0.3, -0.25) is 4.79 Å². The largest absolute Gasteiger partial charge is 0.333 e. The highest BCUT2D eigenvalue weighted by molar-refractivity contribution is 5.95. The Morgan fingerprint density at radius 3 is 2.96 bits per heavy atom. The lowest BCUT2D eigenvalue weighted by molar-refractivity contribution is 0.0633. The fourth-order valence-electron chi connectivity index (χ4n) is 4.27. The summed E-state index contributed by atoms with van der Waals surface area (Å²) in [6.45, 7) is 2.18. The summed E-state index contributed by atoms with van der Waals surface area (Å²) in [6, 6.07) is 8.31. The van der Waals surface area contributed by atoms with Gasteiger partial charge in [0.15, 0.2) is 0 Å². The van der Waals surface area contributed by atoms with Gasteiger partial charge < -0.3 is 4.90 Å². The third-order valence-electron chi connectivity index (χ3n) is 5.29. The van der Waals surface area contributed by atoms with Crippen LogP contribution in [-0.2, 0) is 0 Å². The minimum atomic E-state index is 0.141. The van der Waals surface area contributed by atoms with E-state index in [0.29, 0.717) is 18.0 Å². The van der Waals surface area contributed by atoms with Gasteiger partial charge in [0.25, 0.3) is 5.91 Å². The van der Waals surface area contributed by atoms with Crippen LogP contribution in [0.5, 0.6) is 0 Å². The molecular formula is C17H21N5O. The summed E-state index contributed by atoms with van der Waals surface area (Å²) in [4.78, 5) is 15.2. The fourth-order valence-corrected chi connectivity index (χ4v) is 4.27. The molecule has 0 N–H and O–H groups in total. The zero-order valence-electron chi connectivity index (χ0n) is 13.3. The first kappa shape index (κ1) is 14.4. The molecule has 6 heteroatoms. The maximum atomic E-state index is 13.1. The van der Waals surface area contributed by atoms with Crippen LogP contribution in [0, 0.1) is 5.92 Å². The smallest absolute Gasteiger partial charge is 0.254 e. The number of hydrogen-bond donors (Lipinski definition) is 0. The molecule has 1 saturated heterocycles. The van der Waals surface area contributed by atoms with Crippen LogP contribution in [0.1, 0.15) is 49.4 Å². The Morgan fingerprint density at radius 2 is 2.13 bits per heavy atom. The summed E-state index contributed by atoms with van der Waals surface area (Å²) < 4.78 is 1.58. The Balaban J connectivity index is 1.62. The molecule has 1 saturated carbocycles. The summed E-state index contributed by atoms with van der Waals surface area (Å²) in [6.07, 6.45) is 7.65. The van der Waals surface area contributed by atoms with Crippen molar-refractivity contribution in [3.8, 4) is 5.69 Å². The molecule has 0 radical (unpaired) electrons. The molecule has 3 atom stereocenters. The molecule has 2 aliphatic rings. The number of benzene rings is 1. The quantitative estimate of drug-likeness (QED) is 0.854. The van der Waals surface area contributed by atoms with Crippen LogP contribution in [-0.4, -0.2) is 43.1 Å². The van der Waals surface area contributed by atoms with Gasteiger partial charge in [-0.15, -0.1) is 5.10 Å². The minimum absolute atomic E-state index is 0.141. The Labute approximate surface area is 135 Å². The number of carbonyl (C=O) groups excluding carboxylic acids is 1. The lowest BCUT2D eigenvalue weighted by atomic mass is 9.85. The van der Waals surface area contributed by atoms with Crippen LogP contribution in [0.15, 0.2) is 30.6 Å². The molecule has 0 spiro atoms. The van der Waals surface area contributed by atoms with E-state index in [1.165, 1.54) is 19.3 Å². The molecule has 1 amide bonds. The van der Waals surface area contributed by atoms with E-state index < -0.39 is 0 Å². The van der Waals surface area contributed by atoms with Crippen LogP contribution in [0.25, 0.3) is 5.69 Å². The van der Waals surface area contributed by atoms with Crippen LogP contribution in [0.2, 0.25) is 0 Å². The number of rotatable bonds is 2. The third-order valence-corrected chi connectivity index (χ3v) is 5.29.